The Morgan fingerprint density at radius 2 is 1.76 bits per heavy atom. The highest BCUT2D eigenvalue weighted by molar-refractivity contribution is 5.76. The molecule has 3 rings (SSSR count). The van der Waals surface area contributed by atoms with E-state index in [1.54, 1.807) is 25.3 Å². The van der Waals surface area contributed by atoms with E-state index in [1.165, 1.54) is 5.69 Å². The summed E-state index contributed by atoms with van der Waals surface area (Å²) in [7, 11) is 1.58. The summed E-state index contributed by atoms with van der Waals surface area (Å²) in [4.78, 5) is 15.7. The molecule has 0 bridgehead atoms. The Bertz CT molecular complexity index is 683. The van der Waals surface area contributed by atoms with Gasteiger partial charge in [-0.05, 0) is 30.3 Å². The second-order valence-electron chi connectivity index (χ2n) is 6.04. The van der Waals surface area contributed by atoms with Crippen LogP contribution in [0.25, 0.3) is 0 Å². The molecule has 5 nitrogen and oxygen atoms in total. The molecule has 0 N–H and O–H groups in total. The molecule has 0 aromatic heterocycles. The Labute approximate surface area is 148 Å². The van der Waals surface area contributed by atoms with Gasteiger partial charge in [-0.3, -0.25) is 9.69 Å². The Morgan fingerprint density at radius 3 is 2.44 bits per heavy atom. The zero-order valence-corrected chi connectivity index (χ0v) is 14.6. The molecular formula is C20H24N2O3. The van der Waals surface area contributed by atoms with Crippen molar-refractivity contribution in [3.8, 4) is 11.5 Å². The lowest BCUT2D eigenvalue weighted by Crippen LogP contribution is -2.47. The number of hydrogen-bond acceptors (Lipinski definition) is 5. The van der Waals surface area contributed by atoms with Crippen LogP contribution in [-0.4, -0.2) is 57.6 Å². The van der Waals surface area contributed by atoms with Gasteiger partial charge in [-0.2, -0.15) is 0 Å². The molecule has 0 atom stereocenters. The Balaban J connectivity index is 1.45. The van der Waals surface area contributed by atoms with Crippen molar-refractivity contribution in [3.63, 3.8) is 0 Å². The molecule has 0 radical (unpaired) electrons. The summed E-state index contributed by atoms with van der Waals surface area (Å²) in [6.07, 6.45) is 0.804. The molecule has 0 amide bonds. The molecular weight excluding hydrogens is 316 g/mol. The fraction of sp³-hybridized carbons (Fsp3) is 0.350. The van der Waals surface area contributed by atoms with E-state index >= 15 is 0 Å². The first kappa shape index (κ1) is 17.3. The number of anilines is 1. The first-order valence-electron chi connectivity index (χ1n) is 8.58. The molecule has 2 aromatic carbocycles. The number of benzene rings is 2. The number of ether oxygens (including phenoxy) is 2. The van der Waals surface area contributed by atoms with Crippen molar-refractivity contribution in [2.75, 3.05) is 51.3 Å². The molecule has 0 saturated carbocycles. The van der Waals surface area contributed by atoms with Gasteiger partial charge in [-0.1, -0.05) is 18.2 Å². The first-order chi connectivity index (χ1) is 12.3. The summed E-state index contributed by atoms with van der Waals surface area (Å²) < 4.78 is 11.1. The number of nitrogens with zero attached hydrogens (tertiary/aromatic N) is 2. The molecule has 132 valence electrons. The third-order valence-electron chi connectivity index (χ3n) is 4.48. The van der Waals surface area contributed by atoms with Gasteiger partial charge in [-0.15, -0.1) is 0 Å². The molecule has 2 aromatic rings. The van der Waals surface area contributed by atoms with Crippen molar-refractivity contribution in [2.45, 2.75) is 0 Å². The topological polar surface area (TPSA) is 42.0 Å². The molecule has 25 heavy (non-hydrogen) atoms. The van der Waals surface area contributed by atoms with Gasteiger partial charge in [0.05, 0.1) is 7.11 Å². The van der Waals surface area contributed by atoms with Gasteiger partial charge in [0.25, 0.3) is 0 Å². The molecule has 1 aliphatic rings. The maximum atomic E-state index is 10.8. The smallest absolute Gasteiger partial charge is 0.161 e. The lowest BCUT2D eigenvalue weighted by atomic mass is 10.2. The molecule has 1 heterocycles. The maximum absolute atomic E-state index is 10.8. The van der Waals surface area contributed by atoms with Crippen LogP contribution in [0.15, 0.2) is 48.5 Å². The highest BCUT2D eigenvalue weighted by Gasteiger charge is 2.17. The summed E-state index contributed by atoms with van der Waals surface area (Å²) in [5.74, 6) is 1.27. The normalized spacial score (nSPS) is 15.0. The number of aldehydes is 1. The lowest BCUT2D eigenvalue weighted by Gasteiger charge is -2.36. The average Bonchev–Trinajstić information content (AvgIpc) is 2.69. The first-order valence-corrected chi connectivity index (χ1v) is 8.58. The summed E-state index contributed by atoms with van der Waals surface area (Å²) in [5.41, 5.74) is 1.87. The number of carbonyl (C=O) groups is 1. The molecule has 0 spiro atoms. The fourth-order valence-corrected chi connectivity index (χ4v) is 3.03. The average molecular weight is 340 g/mol. The minimum absolute atomic E-state index is 0.584. The fourth-order valence-electron chi connectivity index (χ4n) is 3.03. The van der Waals surface area contributed by atoms with Gasteiger partial charge in [0.1, 0.15) is 12.9 Å². The van der Waals surface area contributed by atoms with E-state index in [-0.39, 0.29) is 0 Å². The molecule has 1 aliphatic heterocycles. The lowest BCUT2D eigenvalue weighted by molar-refractivity contribution is 0.112. The Kier molecular flexibility index (Phi) is 5.90. The van der Waals surface area contributed by atoms with E-state index < -0.39 is 0 Å². The standard InChI is InChI=1S/C20H24N2O3/c1-24-20-15-17(16-23)7-8-19(20)25-14-13-21-9-11-22(12-10-21)18-5-3-2-4-6-18/h2-8,15-16H,9-14H2,1H3. The highest BCUT2D eigenvalue weighted by Crippen LogP contribution is 2.27. The number of piperazine rings is 1. The zero-order valence-electron chi connectivity index (χ0n) is 14.6. The maximum Gasteiger partial charge on any atom is 0.161 e. The van der Waals surface area contributed by atoms with Crippen molar-refractivity contribution in [1.29, 1.82) is 0 Å². The SMILES string of the molecule is COc1cc(C=O)ccc1OCCN1CCN(c2ccccc2)CC1. The number of methoxy groups -OCH3 is 1. The van der Waals surface area contributed by atoms with Crippen LogP contribution < -0.4 is 14.4 Å². The Hall–Kier alpha value is -2.53. The van der Waals surface area contributed by atoms with Crippen LogP contribution >= 0.6 is 0 Å². The molecule has 1 saturated heterocycles. The summed E-state index contributed by atoms with van der Waals surface area (Å²) >= 11 is 0. The van der Waals surface area contributed by atoms with Crippen molar-refractivity contribution in [3.05, 3.63) is 54.1 Å². The molecule has 1 fully saturated rings. The number of para-hydroxylation sites is 1. The quantitative estimate of drug-likeness (QED) is 0.725. The number of rotatable bonds is 7. The van der Waals surface area contributed by atoms with E-state index in [0.717, 1.165) is 39.0 Å². The van der Waals surface area contributed by atoms with Crippen LogP contribution in [0, 0.1) is 0 Å². The van der Waals surface area contributed by atoms with Gasteiger partial charge in [0, 0.05) is 44.0 Å². The molecule has 0 unspecified atom stereocenters. The number of carbonyl (C=O) groups excluding carboxylic acids is 1. The van der Waals surface area contributed by atoms with Crippen LogP contribution in [0.4, 0.5) is 5.69 Å². The highest BCUT2D eigenvalue weighted by atomic mass is 16.5. The van der Waals surface area contributed by atoms with Crippen LogP contribution in [0.2, 0.25) is 0 Å². The van der Waals surface area contributed by atoms with Crippen molar-refractivity contribution in [2.24, 2.45) is 0 Å². The van der Waals surface area contributed by atoms with Crippen LogP contribution in [-0.2, 0) is 0 Å². The zero-order chi connectivity index (χ0) is 17.5. The predicted octanol–water partition coefficient (Wildman–Crippen LogP) is 2.71. The third kappa shape index (κ3) is 4.51. The van der Waals surface area contributed by atoms with E-state index in [4.69, 9.17) is 9.47 Å². The van der Waals surface area contributed by atoms with Gasteiger partial charge in [0.15, 0.2) is 11.5 Å². The van der Waals surface area contributed by atoms with E-state index in [1.807, 2.05) is 6.07 Å². The van der Waals surface area contributed by atoms with E-state index in [9.17, 15) is 4.79 Å². The summed E-state index contributed by atoms with van der Waals surface area (Å²) in [5, 5.41) is 0. The van der Waals surface area contributed by atoms with E-state index in [2.05, 4.69) is 34.1 Å². The molecule has 5 heteroatoms. The third-order valence-corrected chi connectivity index (χ3v) is 4.48. The minimum Gasteiger partial charge on any atom is -0.493 e. The van der Waals surface area contributed by atoms with Crippen LogP contribution in [0.5, 0.6) is 11.5 Å². The molecule has 0 aliphatic carbocycles. The van der Waals surface area contributed by atoms with Gasteiger partial charge in [-0.25, -0.2) is 0 Å². The second-order valence-corrected chi connectivity index (χ2v) is 6.04. The van der Waals surface area contributed by atoms with Crippen molar-refractivity contribution < 1.29 is 14.3 Å². The van der Waals surface area contributed by atoms with Crippen LogP contribution in [0.3, 0.4) is 0 Å². The van der Waals surface area contributed by atoms with Crippen molar-refractivity contribution in [1.82, 2.24) is 4.90 Å². The second kappa shape index (κ2) is 8.53. The van der Waals surface area contributed by atoms with E-state index in [0.29, 0.717) is 23.7 Å². The largest absolute Gasteiger partial charge is 0.493 e. The van der Waals surface area contributed by atoms with Gasteiger partial charge < -0.3 is 14.4 Å². The monoisotopic (exact) mass is 340 g/mol. The van der Waals surface area contributed by atoms with Crippen LogP contribution in [0.1, 0.15) is 10.4 Å². The Morgan fingerprint density at radius 1 is 1.00 bits per heavy atom. The predicted molar refractivity (Wildman–Crippen MR) is 99.0 cm³/mol. The minimum atomic E-state index is 0.584. The summed E-state index contributed by atoms with van der Waals surface area (Å²) in [6, 6.07) is 15.8. The summed E-state index contributed by atoms with van der Waals surface area (Å²) in [6.45, 7) is 5.59. The van der Waals surface area contributed by atoms with Gasteiger partial charge >= 0.3 is 0 Å². The van der Waals surface area contributed by atoms with Gasteiger partial charge in [0.2, 0.25) is 0 Å². The van der Waals surface area contributed by atoms with Crippen molar-refractivity contribution >= 4 is 12.0 Å². The number of hydrogen-bond donors (Lipinski definition) is 0.